The molecule has 2 rings (SSSR count). The summed E-state index contributed by atoms with van der Waals surface area (Å²) in [5, 5.41) is 19.3. The molecular weight excluding hydrogens is 290 g/mol. The molecule has 0 aliphatic heterocycles. The predicted molar refractivity (Wildman–Crippen MR) is 80.5 cm³/mol. The normalized spacial score (nSPS) is 11.8. The van der Waals surface area contributed by atoms with Crippen molar-refractivity contribution in [1.29, 1.82) is 0 Å². The molecule has 21 heavy (non-hydrogen) atoms. The van der Waals surface area contributed by atoms with Crippen LogP contribution in [0, 0.1) is 10.1 Å². The largest absolute Gasteiger partial charge is 0.480 e. The van der Waals surface area contributed by atoms with E-state index in [1.807, 2.05) is 30.3 Å². The van der Waals surface area contributed by atoms with Gasteiger partial charge in [0, 0.05) is 17.0 Å². The van der Waals surface area contributed by atoms with Crippen LogP contribution >= 0.6 is 11.8 Å². The van der Waals surface area contributed by atoms with Crippen LogP contribution in [0.4, 0.5) is 5.69 Å². The van der Waals surface area contributed by atoms with Crippen LogP contribution in [-0.2, 0) is 11.2 Å². The summed E-state index contributed by atoms with van der Waals surface area (Å²) in [5.41, 5.74) is 0.939. The first kappa shape index (κ1) is 15.1. The molecule has 2 aromatic carbocycles. The molecule has 0 saturated carbocycles. The first-order chi connectivity index (χ1) is 10.1. The number of nitro benzene ring substituents is 1. The van der Waals surface area contributed by atoms with Crippen molar-refractivity contribution in [2.45, 2.75) is 16.6 Å². The van der Waals surface area contributed by atoms with Gasteiger partial charge in [-0.25, -0.2) is 0 Å². The van der Waals surface area contributed by atoms with Crippen LogP contribution in [0.5, 0.6) is 0 Å². The van der Waals surface area contributed by atoms with Gasteiger partial charge in [-0.2, -0.15) is 0 Å². The highest BCUT2D eigenvalue weighted by Crippen LogP contribution is 2.27. The number of carboxylic acid groups (broad SMARTS) is 1. The van der Waals surface area contributed by atoms with E-state index in [0.29, 0.717) is 11.3 Å². The third-order valence-corrected chi connectivity index (χ3v) is 4.06. The van der Waals surface area contributed by atoms with E-state index in [1.165, 1.54) is 23.9 Å². The molecule has 0 aliphatic rings. The fourth-order valence-electron chi connectivity index (χ4n) is 1.82. The van der Waals surface area contributed by atoms with Crippen LogP contribution in [0.15, 0.2) is 59.5 Å². The van der Waals surface area contributed by atoms with Gasteiger partial charge in [-0.3, -0.25) is 14.9 Å². The van der Waals surface area contributed by atoms with Crippen LogP contribution in [0.25, 0.3) is 0 Å². The SMILES string of the molecule is O=C(O)C(Cc1ccccc1)Sc1ccc([N+](=O)[O-])cc1. The molecule has 0 radical (unpaired) electrons. The van der Waals surface area contributed by atoms with Crippen molar-refractivity contribution < 1.29 is 14.8 Å². The van der Waals surface area contributed by atoms with Crippen molar-refractivity contribution in [3.05, 3.63) is 70.3 Å². The van der Waals surface area contributed by atoms with E-state index in [1.54, 1.807) is 12.1 Å². The van der Waals surface area contributed by atoms with Crippen LogP contribution in [0.2, 0.25) is 0 Å². The number of carboxylic acids is 1. The summed E-state index contributed by atoms with van der Waals surface area (Å²) in [6.45, 7) is 0. The fourth-order valence-corrected chi connectivity index (χ4v) is 2.82. The van der Waals surface area contributed by atoms with Crippen LogP contribution in [-0.4, -0.2) is 21.2 Å². The average Bonchev–Trinajstić information content (AvgIpc) is 2.48. The second kappa shape index (κ2) is 6.90. The maximum atomic E-state index is 11.4. The number of rotatable bonds is 6. The third kappa shape index (κ3) is 4.32. The van der Waals surface area contributed by atoms with E-state index in [4.69, 9.17) is 0 Å². The Bertz CT molecular complexity index is 628. The summed E-state index contributed by atoms with van der Waals surface area (Å²) < 4.78 is 0. The molecule has 1 unspecified atom stereocenters. The van der Waals surface area contributed by atoms with E-state index in [9.17, 15) is 20.0 Å². The first-order valence-corrected chi connectivity index (χ1v) is 7.12. The lowest BCUT2D eigenvalue weighted by molar-refractivity contribution is -0.384. The van der Waals surface area contributed by atoms with Crippen molar-refractivity contribution in [3.8, 4) is 0 Å². The fraction of sp³-hybridized carbons (Fsp3) is 0.133. The number of hydrogen-bond acceptors (Lipinski definition) is 4. The Balaban J connectivity index is 2.09. The monoisotopic (exact) mass is 303 g/mol. The molecular formula is C15H13NO4S. The van der Waals surface area contributed by atoms with E-state index < -0.39 is 16.1 Å². The summed E-state index contributed by atoms with van der Waals surface area (Å²) in [4.78, 5) is 22.2. The Hall–Kier alpha value is -2.34. The molecule has 2 aromatic rings. The molecule has 5 nitrogen and oxygen atoms in total. The van der Waals surface area contributed by atoms with Gasteiger partial charge in [0.2, 0.25) is 0 Å². The molecule has 0 fully saturated rings. The molecule has 0 bridgehead atoms. The van der Waals surface area contributed by atoms with Gasteiger partial charge in [-0.1, -0.05) is 30.3 Å². The zero-order valence-electron chi connectivity index (χ0n) is 11.0. The molecule has 0 aromatic heterocycles. The van der Waals surface area contributed by atoms with Gasteiger partial charge >= 0.3 is 5.97 Å². The lowest BCUT2D eigenvalue weighted by Gasteiger charge is -2.12. The molecule has 108 valence electrons. The molecule has 0 saturated heterocycles. The Morgan fingerprint density at radius 3 is 2.29 bits per heavy atom. The molecule has 1 atom stereocenters. The lowest BCUT2D eigenvalue weighted by atomic mass is 10.1. The minimum absolute atomic E-state index is 0.00529. The predicted octanol–water partition coefficient (Wildman–Crippen LogP) is 3.38. The van der Waals surface area contributed by atoms with Gasteiger partial charge in [0.25, 0.3) is 5.69 Å². The maximum Gasteiger partial charge on any atom is 0.317 e. The highest BCUT2D eigenvalue weighted by atomic mass is 32.2. The molecule has 0 heterocycles. The molecule has 6 heteroatoms. The Morgan fingerprint density at radius 1 is 1.14 bits per heavy atom. The molecule has 0 spiro atoms. The molecule has 0 amide bonds. The van der Waals surface area contributed by atoms with Gasteiger partial charge in [0.05, 0.1) is 4.92 Å². The Morgan fingerprint density at radius 2 is 1.76 bits per heavy atom. The number of benzene rings is 2. The Kier molecular flexibility index (Phi) is 4.94. The summed E-state index contributed by atoms with van der Waals surface area (Å²) in [5.74, 6) is -0.901. The van der Waals surface area contributed by atoms with Crippen molar-refractivity contribution in [1.82, 2.24) is 0 Å². The van der Waals surface area contributed by atoms with Crippen LogP contribution in [0.1, 0.15) is 5.56 Å². The van der Waals surface area contributed by atoms with E-state index in [-0.39, 0.29) is 5.69 Å². The van der Waals surface area contributed by atoms with E-state index in [0.717, 1.165) is 5.56 Å². The quantitative estimate of drug-likeness (QED) is 0.502. The number of nitro groups is 1. The number of hydrogen-bond donors (Lipinski definition) is 1. The van der Waals surface area contributed by atoms with Crippen molar-refractivity contribution in [2.24, 2.45) is 0 Å². The van der Waals surface area contributed by atoms with Crippen molar-refractivity contribution >= 4 is 23.4 Å². The Labute approximate surface area is 125 Å². The summed E-state index contributed by atoms with van der Waals surface area (Å²) in [6, 6.07) is 15.3. The number of carbonyl (C=O) groups is 1. The lowest BCUT2D eigenvalue weighted by Crippen LogP contribution is -2.19. The van der Waals surface area contributed by atoms with Gasteiger partial charge in [0.15, 0.2) is 0 Å². The van der Waals surface area contributed by atoms with Crippen molar-refractivity contribution in [3.63, 3.8) is 0 Å². The summed E-state index contributed by atoms with van der Waals surface area (Å²) in [7, 11) is 0. The third-order valence-electron chi connectivity index (χ3n) is 2.87. The zero-order valence-corrected chi connectivity index (χ0v) is 11.8. The maximum absolute atomic E-state index is 11.4. The number of nitrogens with zero attached hydrogens (tertiary/aromatic N) is 1. The topological polar surface area (TPSA) is 80.4 Å². The second-order valence-electron chi connectivity index (χ2n) is 4.39. The molecule has 1 N–H and O–H groups in total. The van der Waals surface area contributed by atoms with Gasteiger partial charge in [-0.15, -0.1) is 11.8 Å². The smallest absolute Gasteiger partial charge is 0.317 e. The first-order valence-electron chi connectivity index (χ1n) is 6.24. The molecule has 0 aliphatic carbocycles. The minimum atomic E-state index is -0.901. The van der Waals surface area contributed by atoms with Crippen molar-refractivity contribution in [2.75, 3.05) is 0 Å². The van der Waals surface area contributed by atoms with Crippen LogP contribution < -0.4 is 0 Å². The standard InChI is InChI=1S/C15H13NO4S/c17-15(18)14(10-11-4-2-1-3-5-11)21-13-8-6-12(7-9-13)16(19)20/h1-9,14H,10H2,(H,17,18). The van der Waals surface area contributed by atoms with Crippen LogP contribution in [0.3, 0.4) is 0 Å². The highest BCUT2D eigenvalue weighted by molar-refractivity contribution is 8.00. The van der Waals surface area contributed by atoms with E-state index >= 15 is 0 Å². The number of thioether (sulfide) groups is 1. The van der Waals surface area contributed by atoms with E-state index in [2.05, 4.69) is 0 Å². The average molecular weight is 303 g/mol. The summed E-state index contributed by atoms with van der Waals surface area (Å²) in [6.07, 6.45) is 0.401. The number of aliphatic carboxylic acids is 1. The minimum Gasteiger partial charge on any atom is -0.480 e. The van der Waals surface area contributed by atoms with Gasteiger partial charge in [0.1, 0.15) is 5.25 Å². The van der Waals surface area contributed by atoms with Gasteiger partial charge in [-0.05, 0) is 24.1 Å². The summed E-state index contributed by atoms with van der Waals surface area (Å²) >= 11 is 1.19. The van der Waals surface area contributed by atoms with Gasteiger partial charge < -0.3 is 5.11 Å². The number of non-ortho nitro benzene ring substituents is 1. The second-order valence-corrected chi connectivity index (χ2v) is 5.66. The highest BCUT2D eigenvalue weighted by Gasteiger charge is 2.19. The zero-order chi connectivity index (χ0) is 15.2.